The molecular formula is C17H17N6O7P. The average Bonchev–Trinajstić information content (AvgIpc) is 3.12. The second-order valence-corrected chi connectivity index (χ2v) is 7.99. The van der Waals surface area contributed by atoms with Crippen LogP contribution in [0.5, 0.6) is 5.75 Å². The Hall–Kier alpha value is -3.39. The summed E-state index contributed by atoms with van der Waals surface area (Å²) in [4.78, 5) is 38.5. The molecule has 1 unspecified atom stereocenters. The number of phosphoric ester groups is 1. The minimum atomic E-state index is -4.57. The molecule has 1 saturated heterocycles. The van der Waals surface area contributed by atoms with Crippen molar-refractivity contribution >= 4 is 7.82 Å². The van der Waals surface area contributed by atoms with Crippen molar-refractivity contribution in [2.24, 2.45) is 5.11 Å². The van der Waals surface area contributed by atoms with Gasteiger partial charge in [0.25, 0.3) is 5.56 Å². The number of benzene rings is 1. The fourth-order valence-corrected chi connectivity index (χ4v) is 3.72. The number of rotatable bonds is 7. The van der Waals surface area contributed by atoms with Crippen LogP contribution in [0, 0.1) is 18.3 Å². The van der Waals surface area contributed by atoms with Gasteiger partial charge < -0.3 is 9.26 Å². The van der Waals surface area contributed by atoms with Crippen LogP contribution in [-0.4, -0.2) is 33.2 Å². The lowest BCUT2D eigenvalue weighted by Crippen LogP contribution is -2.33. The lowest BCUT2D eigenvalue weighted by Gasteiger charge is -2.19. The first-order chi connectivity index (χ1) is 14.7. The highest BCUT2D eigenvalue weighted by atomic mass is 31.2. The molecule has 1 aliphatic rings. The largest absolute Gasteiger partial charge is 0.527 e. The quantitative estimate of drug-likeness (QED) is 0.277. The maximum atomic E-state index is 12.2. The third-order valence-electron chi connectivity index (χ3n) is 4.47. The van der Waals surface area contributed by atoms with Gasteiger partial charge in [-0.05, 0) is 36.7 Å². The molecule has 0 radical (unpaired) electrons. The van der Waals surface area contributed by atoms with Crippen LogP contribution < -0.4 is 15.8 Å². The average molecular weight is 448 g/mol. The van der Waals surface area contributed by atoms with Gasteiger partial charge in [0, 0.05) is 23.1 Å². The number of H-pyrrole nitrogens is 1. The molecule has 2 N–H and O–H groups in total. The van der Waals surface area contributed by atoms with E-state index < -0.39 is 44.1 Å². The van der Waals surface area contributed by atoms with Gasteiger partial charge in [-0.2, -0.15) is 5.26 Å². The molecule has 0 saturated carbocycles. The third-order valence-corrected chi connectivity index (χ3v) is 5.38. The second-order valence-electron chi connectivity index (χ2n) is 6.61. The fraction of sp³-hybridized carbons (Fsp3) is 0.353. The lowest BCUT2D eigenvalue weighted by atomic mass is 10.1. The highest BCUT2D eigenvalue weighted by Gasteiger charge is 2.38. The van der Waals surface area contributed by atoms with Gasteiger partial charge in [-0.1, -0.05) is 5.11 Å². The molecule has 13 nitrogen and oxygen atoms in total. The van der Waals surface area contributed by atoms with Gasteiger partial charge in [-0.15, -0.1) is 0 Å². The SMILES string of the molecule is Cc1cn([C@H]2C[C@H](N=[N+]=[N-])[C@@H](COP(=O)(O)Oc3ccc(C#N)cc3)O2)c(=O)[nH]c1=O. The molecule has 1 aliphatic heterocycles. The van der Waals surface area contributed by atoms with Gasteiger partial charge in [-0.25, -0.2) is 9.36 Å². The Labute approximate surface area is 174 Å². The molecule has 3 rings (SSSR count). The maximum Gasteiger partial charge on any atom is 0.527 e. The maximum absolute atomic E-state index is 12.2. The van der Waals surface area contributed by atoms with Crippen LogP contribution in [0.1, 0.15) is 23.8 Å². The van der Waals surface area contributed by atoms with Gasteiger partial charge in [-0.3, -0.25) is 23.8 Å². The van der Waals surface area contributed by atoms with E-state index in [9.17, 15) is 19.0 Å². The van der Waals surface area contributed by atoms with Gasteiger partial charge in [0.15, 0.2) is 0 Å². The molecule has 1 aromatic carbocycles. The van der Waals surface area contributed by atoms with E-state index in [-0.39, 0.29) is 17.7 Å². The zero-order valence-electron chi connectivity index (χ0n) is 16.1. The molecule has 4 atom stereocenters. The topological polar surface area (TPSA) is 192 Å². The number of hydrogen-bond acceptors (Lipinski definition) is 8. The van der Waals surface area contributed by atoms with Gasteiger partial charge in [0.05, 0.1) is 30.4 Å². The highest BCUT2D eigenvalue weighted by Crippen LogP contribution is 2.45. The molecule has 0 bridgehead atoms. The number of hydrogen-bond donors (Lipinski definition) is 2. The van der Waals surface area contributed by atoms with E-state index in [1.165, 1.54) is 37.4 Å². The summed E-state index contributed by atoms with van der Waals surface area (Å²) in [7, 11) is -4.57. The van der Waals surface area contributed by atoms with Crippen LogP contribution in [0.15, 0.2) is 45.2 Å². The summed E-state index contributed by atoms with van der Waals surface area (Å²) in [6, 6.07) is 6.58. The monoisotopic (exact) mass is 448 g/mol. The van der Waals surface area contributed by atoms with Gasteiger partial charge >= 0.3 is 13.5 Å². The molecular weight excluding hydrogens is 431 g/mol. The number of azide groups is 1. The molecule has 1 aromatic heterocycles. The van der Waals surface area contributed by atoms with Crippen molar-refractivity contribution in [2.75, 3.05) is 6.61 Å². The summed E-state index contributed by atoms with van der Waals surface area (Å²) >= 11 is 0. The van der Waals surface area contributed by atoms with E-state index in [1.54, 1.807) is 0 Å². The van der Waals surface area contributed by atoms with Crippen molar-refractivity contribution in [3.63, 3.8) is 0 Å². The van der Waals surface area contributed by atoms with Crippen molar-refractivity contribution in [1.82, 2.24) is 9.55 Å². The molecule has 31 heavy (non-hydrogen) atoms. The number of aryl methyl sites for hydroxylation is 1. The van der Waals surface area contributed by atoms with Crippen LogP contribution in [-0.2, 0) is 13.8 Å². The zero-order valence-corrected chi connectivity index (χ0v) is 17.0. The summed E-state index contributed by atoms with van der Waals surface area (Å²) in [5.74, 6) is 0.0110. The Kier molecular flexibility index (Phi) is 6.60. The van der Waals surface area contributed by atoms with Crippen molar-refractivity contribution in [1.29, 1.82) is 5.26 Å². The molecule has 2 heterocycles. The Balaban J connectivity index is 1.70. The van der Waals surface area contributed by atoms with E-state index in [0.29, 0.717) is 5.56 Å². The van der Waals surface area contributed by atoms with Crippen molar-refractivity contribution in [3.8, 4) is 11.8 Å². The van der Waals surface area contributed by atoms with Crippen LogP contribution in [0.4, 0.5) is 0 Å². The second kappa shape index (κ2) is 9.18. The van der Waals surface area contributed by atoms with Crippen molar-refractivity contribution < 1.29 is 23.2 Å². The van der Waals surface area contributed by atoms with Crippen molar-refractivity contribution in [2.45, 2.75) is 31.7 Å². The number of nitrogens with zero attached hydrogens (tertiary/aromatic N) is 5. The first-order valence-corrected chi connectivity index (χ1v) is 10.4. The minimum Gasteiger partial charge on any atom is -0.404 e. The first-order valence-electron chi connectivity index (χ1n) is 8.91. The van der Waals surface area contributed by atoms with E-state index >= 15 is 0 Å². The van der Waals surface area contributed by atoms with Gasteiger partial charge in [0.1, 0.15) is 12.0 Å². The minimum absolute atomic E-state index is 0.0110. The number of nitriles is 1. The Morgan fingerprint density at radius 3 is 2.81 bits per heavy atom. The highest BCUT2D eigenvalue weighted by molar-refractivity contribution is 7.47. The molecule has 14 heteroatoms. The number of aromatic amines is 1. The fourth-order valence-electron chi connectivity index (χ4n) is 2.94. The third kappa shape index (κ3) is 5.40. The molecule has 0 aliphatic carbocycles. The number of ether oxygens (including phenoxy) is 1. The van der Waals surface area contributed by atoms with Crippen molar-refractivity contribution in [3.05, 3.63) is 72.9 Å². The number of phosphoric acid groups is 1. The smallest absolute Gasteiger partial charge is 0.404 e. The molecule has 0 spiro atoms. The van der Waals surface area contributed by atoms with Crippen LogP contribution in [0.25, 0.3) is 10.4 Å². The summed E-state index contributed by atoms with van der Waals surface area (Å²) in [5.41, 5.74) is 8.17. The molecule has 162 valence electrons. The normalized spacial score (nSPS) is 22.2. The van der Waals surface area contributed by atoms with E-state index in [0.717, 1.165) is 4.57 Å². The predicted molar refractivity (Wildman–Crippen MR) is 105 cm³/mol. The number of nitrogens with one attached hydrogen (secondary N) is 1. The predicted octanol–water partition coefficient (Wildman–Crippen LogP) is 1.88. The Morgan fingerprint density at radius 2 is 2.16 bits per heavy atom. The first kappa shape index (κ1) is 22.3. The Morgan fingerprint density at radius 1 is 1.45 bits per heavy atom. The van der Waals surface area contributed by atoms with E-state index in [2.05, 4.69) is 15.0 Å². The lowest BCUT2D eigenvalue weighted by molar-refractivity contribution is -0.0263. The number of aromatic nitrogens is 2. The summed E-state index contributed by atoms with van der Waals surface area (Å²) in [6.45, 7) is 1.04. The standard InChI is InChI=1S/C17H17N6O7P/c1-10-8-23(17(25)20-16(10)24)15-6-13(21-22-19)14(29-15)9-28-31(26,27)30-12-4-2-11(7-18)3-5-12/h2-5,8,13-15H,6,9H2,1H3,(H,26,27)(H,20,24,25)/t13-,14+,15+/m0/s1. The summed E-state index contributed by atoms with van der Waals surface area (Å²) < 4.78 is 29.0. The van der Waals surface area contributed by atoms with Crippen LogP contribution >= 0.6 is 7.82 Å². The van der Waals surface area contributed by atoms with E-state index in [1.807, 2.05) is 6.07 Å². The van der Waals surface area contributed by atoms with Gasteiger partial charge in [0.2, 0.25) is 0 Å². The van der Waals surface area contributed by atoms with Crippen LogP contribution in [0.3, 0.4) is 0 Å². The van der Waals surface area contributed by atoms with Crippen LogP contribution in [0.2, 0.25) is 0 Å². The molecule has 0 amide bonds. The summed E-state index contributed by atoms with van der Waals surface area (Å²) in [5, 5.41) is 12.4. The van der Waals surface area contributed by atoms with E-state index in [4.69, 9.17) is 24.6 Å². The molecule has 1 fully saturated rings. The molecule has 2 aromatic rings. The zero-order chi connectivity index (χ0) is 22.6. The summed E-state index contributed by atoms with van der Waals surface area (Å²) in [6.07, 6.45) is -0.446. The Bertz CT molecular complexity index is 1210.